The molecule has 0 bridgehead atoms. The number of aromatic amines is 1. The van der Waals surface area contributed by atoms with Crippen molar-refractivity contribution in [2.45, 2.75) is 45.3 Å². The predicted octanol–water partition coefficient (Wildman–Crippen LogP) is 0.00950. The number of nitrogen functional groups attached to an aromatic ring is 1. The number of anilines is 2. The zero-order valence-corrected chi connectivity index (χ0v) is 21.6. The van der Waals surface area contributed by atoms with Crippen LogP contribution in [0.1, 0.15) is 42.7 Å². The lowest BCUT2D eigenvalue weighted by atomic mass is 10.1. The molecule has 0 radical (unpaired) electrons. The Labute approximate surface area is 226 Å². The number of H-pyrrole nitrogens is 1. The van der Waals surface area contributed by atoms with E-state index in [1.54, 1.807) is 26.0 Å². The Kier molecular flexibility index (Phi) is 11.0. The molecule has 0 saturated heterocycles. The van der Waals surface area contributed by atoms with E-state index in [-0.39, 0.29) is 48.0 Å². The lowest BCUT2D eigenvalue weighted by molar-refractivity contribution is -0.141. The summed E-state index contributed by atoms with van der Waals surface area (Å²) in [4.78, 5) is 70.6. The number of nitrogens with zero attached hydrogens (tertiary/aromatic N) is 3. The highest BCUT2D eigenvalue weighted by Gasteiger charge is 2.21. The lowest BCUT2D eigenvalue weighted by Crippen LogP contribution is -2.41. The van der Waals surface area contributed by atoms with E-state index in [1.807, 2.05) is 0 Å². The van der Waals surface area contributed by atoms with E-state index in [2.05, 4.69) is 30.6 Å². The molecule has 3 rings (SSSR count). The smallest absolute Gasteiger partial charge is 0.326 e. The number of rotatable bonds is 11. The van der Waals surface area contributed by atoms with Gasteiger partial charge in [0.1, 0.15) is 12.1 Å². The third-order valence-electron chi connectivity index (χ3n) is 5.36. The van der Waals surface area contributed by atoms with E-state index >= 15 is 0 Å². The number of nitrogens with one attached hydrogen (secondary N) is 3. The molecule has 214 valence electrons. The summed E-state index contributed by atoms with van der Waals surface area (Å²) < 4.78 is 0. The Morgan fingerprint density at radius 2 is 1.68 bits per heavy atom. The zero-order valence-electron chi connectivity index (χ0n) is 21.6. The number of amides is 1. The molecule has 2 aromatic heterocycles. The molecule has 0 aliphatic carbocycles. The normalized spacial score (nSPS) is 12.1. The van der Waals surface area contributed by atoms with Crippen LogP contribution in [-0.4, -0.2) is 71.2 Å². The van der Waals surface area contributed by atoms with Gasteiger partial charge in [-0.25, -0.2) is 14.8 Å². The molecule has 1 amide bonds. The number of carbonyl (C=O) groups is 4. The molecule has 0 fully saturated rings. The maximum absolute atomic E-state index is 12.3. The number of hydrogen-bond acceptors (Lipinski definition) is 11. The molecule has 16 heteroatoms. The summed E-state index contributed by atoms with van der Waals surface area (Å²) in [7, 11) is 0. The highest BCUT2D eigenvalue weighted by molar-refractivity contribution is 5.97. The second-order valence-corrected chi connectivity index (χ2v) is 8.82. The molecule has 16 nitrogen and oxygen atoms in total. The highest BCUT2D eigenvalue weighted by atomic mass is 16.4. The maximum Gasteiger partial charge on any atom is 0.326 e. The third kappa shape index (κ3) is 9.32. The van der Waals surface area contributed by atoms with Gasteiger partial charge in [0.25, 0.3) is 11.5 Å². The first kappa shape index (κ1) is 31.1. The van der Waals surface area contributed by atoms with Crippen molar-refractivity contribution in [3.05, 3.63) is 52.1 Å². The van der Waals surface area contributed by atoms with Crippen LogP contribution in [0.15, 0.2) is 35.3 Å². The SMILES string of the molecule is CC(C)C(N)C(=O)O.Nc1nc2ncc(CNc3ccc(C(=O)NC(CCC(=O)O)C(=O)O)cc3)nc2c(=O)[nH]1. The van der Waals surface area contributed by atoms with Crippen LogP contribution in [0.4, 0.5) is 11.6 Å². The number of aliphatic carboxylic acids is 3. The van der Waals surface area contributed by atoms with Crippen molar-refractivity contribution in [3.8, 4) is 0 Å². The lowest BCUT2D eigenvalue weighted by Gasteiger charge is -2.14. The van der Waals surface area contributed by atoms with E-state index in [0.717, 1.165) is 0 Å². The molecule has 2 atom stereocenters. The molecular formula is C24H30N8O8. The Hall–Kier alpha value is -5.12. The Morgan fingerprint density at radius 1 is 1.02 bits per heavy atom. The van der Waals surface area contributed by atoms with Gasteiger partial charge in [-0.3, -0.25) is 24.2 Å². The second-order valence-electron chi connectivity index (χ2n) is 8.82. The molecule has 3 aromatic rings. The van der Waals surface area contributed by atoms with E-state index in [1.165, 1.54) is 18.3 Å². The summed E-state index contributed by atoms with van der Waals surface area (Å²) in [6, 6.07) is 4.15. The van der Waals surface area contributed by atoms with Gasteiger partial charge in [-0.15, -0.1) is 0 Å². The molecule has 0 spiro atoms. The number of aromatic nitrogens is 4. The number of carbonyl (C=O) groups excluding carboxylic acids is 1. The minimum atomic E-state index is -1.31. The van der Waals surface area contributed by atoms with Crippen molar-refractivity contribution in [2.75, 3.05) is 11.1 Å². The predicted molar refractivity (Wildman–Crippen MR) is 142 cm³/mol. The minimum Gasteiger partial charge on any atom is -0.481 e. The standard InChI is InChI=1S/C19H19N7O6.C5H11NO2/c20-19-25-15-14(17(30)26-19)23-11(8-22-15)7-21-10-3-1-9(2-4-10)16(29)24-12(18(31)32)5-6-13(27)28;1-3(2)4(6)5(7)8/h1-4,8,12,21H,5-7H2,(H,24,29)(H,27,28)(H,31,32)(H3,20,22,25,26,30);3-4H,6H2,1-2H3,(H,7,8). The molecular weight excluding hydrogens is 528 g/mol. The Bertz CT molecular complexity index is 1420. The first-order valence-electron chi connectivity index (χ1n) is 11.9. The molecule has 0 aliphatic rings. The fraction of sp³-hybridized carbons (Fsp3) is 0.333. The first-order valence-corrected chi connectivity index (χ1v) is 11.9. The summed E-state index contributed by atoms with van der Waals surface area (Å²) in [6.07, 6.45) is 0.840. The number of carboxylic acid groups (broad SMARTS) is 3. The number of carboxylic acids is 3. The second kappa shape index (κ2) is 14.1. The average Bonchev–Trinajstić information content (AvgIpc) is 2.89. The van der Waals surface area contributed by atoms with Crippen molar-refractivity contribution < 1.29 is 34.5 Å². The molecule has 40 heavy (non-hydrogen) atoms. The van der Waals surface area contributed by atoms with Crippen LogP contribution in [0.5, 0.6) is 0 Å². The summed E-state index contributed by atoms with van der Waals surface area (Å²) in [5.74, 6) is -4.07. The van der Waals surface area contributed by atoms with Crippen molar-refractivity contribution in [1.29, 1.82) is 0 Å². The minimum absolute atomic E-state index is 0.0208. The van der Waals surface area contributed by atoms with Crippen molar-refractivity contribution >= 4 is 46.6 Å². The van der Waals surface area contributed by atoms with Crippen LogP contribution >= 0.6 is 0 Å². The first-order chi connectivity index (χ1) is 18.8. The fourth-order valence-corrected chi connectivity index (χ4v) is 3.04. The van der Waals surface area contributed by atoms with Gasteiger partial charge in [-0.2, -0.15) is 4.98 Å². The molecule has 2 unspecified atom stereocenters. The number of benzene rings is 1. The van der Waals surface area contributed by atoms with E-state index < -0.39 is 41.5 Å². The quantitative estimate of drug-likeness (QED) is 0.154. The molecule has 2 heterocycles. The fourth-order valence-electron chi connectivity index (χ4n) is 3.04. The summed E-state index contributed by atoms with van der Waals surface area (Å²) >= 11 is 0. The maximum atomic E-state index is 12.3. The molecule has 0 aliphatic heterocycles. The summed E-state index contributed by atoms with van der Waals surface area (Å²) in [5, 5.41) is 31.4. The van der Waals surface area contributed by atoms with Gasteiger partial charge < -0.3 is 37.4 Å². The molecule has 1 aromatic carbocycles. The largest absolute Gasteiger partial charge is 0.481 e. The summed E-state index contributed by atoms with van der Waals surface area (Å²) in [6.45, 7) is 3.78. The topological polar surface area (TPSA) is 277 Å². The van der Waals surface area contributed by atoms with Crippen LogP contribution < -0.4 is 27.7 Å². The Balaban J connectivity index is 0.000000611. The van der Waals surface area contributed by atoms with Crippen molar-refractivity contribution in [3.63, 3.8) is 0 Å². The molecule has 10 N–H and O–H groups in total. The van der Waals surface area contributed by atoms with Gasteiger partial charge in [0.2, 0.25) is 5.95 Å². The van der Waals surface area contributed by atoms with Crippen LogP contribution in [0.3, 0.4) is 0 Å². The van der Waals surface area contributed by atoms with E-state index in [9.17, 15) is 24.0 Å². The van der Waals surface area contributed by atoms with Gasteiger partial charge in [0.05, 0.1) is 18.4 Å². The highest BCUT2D eigenvalue weighted by Crippen LogP contribution is 2.12. The van der Waals surface area contributed by atoms with Crippen molar-refractivity contribution in [1.82, 2.24) is 25.3 Å². The summed E-state index contributed by atoms with van der Waals surface area (Å²) in [5.41, 5.74) is 11.6. The van der Waals surface area contributed by atoms with Crippen LogP contribution in [-0.2, 0) is 20.9 Å². The monoisotopic (exact) mass is 558 g/mol. The van der Waals surface area contributed by atoms with Crippen molar-refractivity contribution in [2.24, 2.45) is 11.7 Å². The average molecular weight is 559 g/mol. The number of fused-ring (bicyclic) bond motifs is 1. The van der Waals surface area contributed by atoms with Crippen LogP contribution in [0.25, 0.3) is 11.2 Å². The van der Waals surface area contributed by atoms with Gasteiger partial charge in [-0.05, 0) is 36.6 Å². The third-order valence-corrected chi connectivity index (χ3v) is 5.36. The van der Waals surface area contributed by atoms with E-state index in [0.29, 0.717) is 11.4 Å². The van der Waals surface area contributed by atoms with E-state index in [4.69, 9.17) is 26.8 Å². The van der Waals surface area contributed by atoms with Gasteiger partial charge in [0, 0.05) is 17.7 Å². The Morgan fingerprint density at radius 3 is 2.20 bits per heavy atom. The number of nitrogens with two attached hydrogens (primary N) is 2. The molecule has 0 saturated carbocycles. The zero-order chi connectivity index (χ0) is 30.0. The van der Waals surface area contributed by atoms with Gasteiger partial charge in [0.15, 0.2) is 11.2 Å². The van der Waals surface area contributed by atoms with Gasteiger partial charge in [-0.1, -0.05) is 13.8 Å². The van der Waals surface area contributed by atoms with Crippen LogP contribution in [0.2, 0.25) is 0 Å². The van der Waals surface area contributed by atoms with Gasteiger partial charge >= 0.3 is 17.9 Å². The number of hydrogen-bond donors (Lipinski definition) is 8. The van der Waals surface area contributed by atoms with Crippen LogP contribution in [0, 0.1) is 5.92 Å².